The van der Waals surface area contributed by atoms with E-state index < -0.39 is 0 Å². The van der Waals surface area contributed by atoms with Crippen LogP contribution in [0.15, 0.2) is 18.2 Å². The van der Waals surface area contributed by atoms with Gasteiger partial charge in [-0.2, -0.15) is 0 Å². The van der Waals surface area contributed by atoms with Gasteiger partial charge in [0.25, 0.3) is 5.91 Å². The summed E-state index contributed by atoms with van der Waals surface area (Å²) in [6.07, 6.45) is 0.878. The molecule has 92 valence electrons. The van der Waals surface area contributed by atoms with Crippen LogP contribution in [-0.2, 0) is 0 Å². The van der Waals surface area contributed by atoms with Crippen molar-refractivity contribution in [3.63, 3.8) is 0 Å². The van der Waals surface area contributed by atoms with Gasteiger partial charge in [-0.3, -0.25) is 4.79 Å². The summed E-state index contributed by atoms with van der Waals surface area (Å²) in [4.78, 5) is 11.9. The maximum atomic E-state index is 11.9. The van der Waals surface area contributed by atoms with Crippen LogP contribution in [0.4, 0.5) is 0 Å². The molecule has 0 bridgehead atoms. The lowest BCUT2D eigenvalue weighted by atomic mass is 10.0. The molecule has 1 fully saturated rings. The fourth-order valence-electron chi connectivity index (χ4n) is 1.93. The zero-order chi connectivity index (χ0) is 12.5. The van der Waals surface area contributed by atoms with Gasteiger partial charge in [0.1, 0.15) is 0 Å². The minimum Gasteiger partial charge on any atom is -0.504 e. The molecule has 1 atom stereocenters. The van der Waals surface area contributed by atoms with Crippen LogP contribution in [0.1, 0.15) is 23.7 Å². The zero-order valence-corrected chi connectivity index (χ0v) is 9.66. The molecule has 1 unspecified atom stereocenters. The molecule has 1 heterocycles. The van der Waals surface area contributed by atoms with E-state index >= 15 is 0 Å². The molecule has 0 aromatic heterocycles. The van der Waals surface area contributed by atoms with E-state index in [1.165, 1.54) is 18.2 Å². The van der Waals surface area contributed by atoms with Crippen LogP contribution in [0, 0.1) is 0 Å². The predicted molar refractivity (Wildman–Crippen MR) is 63.1 cm³/mol. The normalized spacial score (nSPS) is 23.6. The fraction of sp³-hybridized carbons (Fsp3) is 0.417. The summed E-state index contributed by atoms with van der Waals surface area (Å²) in [5.74, 6) is -0.755. The molecule has 0 aliphatic carbocycles. The third-order valence-electron chi connectivity index (χ3n) is 3.02. The lowest BCUT2D eigenvalue weighted by Crippen LogP contribution is -2.47. The first-order chi connectivity index (χ1) is 8.00. The Morgan fingerprint density at radius 2 is 2.18 bits per heavy atom. The van der Waals surface area contributed by atoms with Crippen molar-refractivity contribution in [2.45, 2.75) is 18.9 Å². The Balaban J connectivity index is 2.11. The van der Waals surface area contributed by atoms with Gasteiger partial charge < -0.3 is 20.8 Å². The highest BCUT2D eigenvalue weighted by Gasteiger charge is 2.30. The van der Waals surface area contributed by atoms with Gasteiger partial charge in [0.05, 0.1) is 5.54 Å². The maximum absolute atomic E-state index is 11.9. The lowest BCUT2D eigenvalue weighted by Gasteiger charge is -2.24. The van der Waals surface area contributed by atoms with Crippen LogP contribution in [0.25, 0.3) is 0 Å². The Bertz CT molecular complexity index is 439. The van der Waals surface area contributed by atoms with Crippen LogP contribution in [0.2, 0.25) is 0 Å². The molecule has 1 aromatic carbocycles. The van der Waals surface area contributed by atoms with Crippen molar-refractivity contribution >= 4 is 5.91 Å². The maximum Gasteiger partial charge on any atom is 0.251 e. The fourth-order valence-corrected chi connectivity index (χ4v) is 1.93. The molecule has 5 nitrogen and oxygen atoms in total. The van der Waals surface area contributed by atoms with E-state index in [2.05, 4.69) is 10.6 Å². The van der Waals surface area contributed by atoms with Gasteiger partial charge in [0, 0.05) is 12.1 Å². The molecule has 0 saturated carbocycles. The van der Waals surface area contributed by atoms with E-state index in [1.54, 1.807) is 0 Å². The van der Waals surface area contributed by atoms with Gasteiger partial charge in [-0.1, -0.05) is 0 Å². The molecule has 2 rings (SSSR count). The van der Waals surface area contributed by atoms with Crippen molar-refractivity contribution in [2.75, 3.05) is 13.1 Å². The molecule has 4 N–H and O–H groups in total. The zero-order valence-electron chi connectivity index (χ0n) is 9.66. The van der Waals surface area contributed by atoms with Gasteiger partial charge in [0.15, 0.2) is 11.5 Å². The average Bonchev–Trinajstić information content (AvgIpc) is 2.69. The van der Waals surface area contributed by atoms with Crippen LogP contribution < -0.4 is 10.6 Å². The minimum atomic E-state index is -0.285. The SMILES string of the molecule is CC1(NC(=O)c2ccc(O)c(O)c2)CCNC1. The highest BCUT2D eigenvalue weighted by atomic mass is 16.3. The van der Waals surface area contributed by atoms with Crippen molar-refractivity contribution in [1.82, 2.24) is 10.6 Å². The monoisotopic (exact) mass is 236 g/mol. The second-order valence-electron chi connectivity index (χ2n) is 4.65. The number of hydrogen-bond donors (Lipinski definition) is 4. The second-order valence-corrected chi connectivity index (χ2v) is 4.65. The summed E-state index contributed by atoms with van der Waals surface area (Å²) in [5.41, 5.74) is 0.0957. The Hall–Kier alpha value is -1.75. The Morgan fingerprint density at radius 3 is 2.76 bits per heavy atom. The molecule has 0 spiro atoms. The number of nitrogens with one attached hydrogen (secondary N) is 2. The van der Waals surface area contributed by atoms with E-state index in [0.29, 0.717) is 5.56 Å². The van der Waals surface area contributed by atoms with Crippen LogP contribution in [0.5, 0.6) is 11.5 Å². The van der Waals surface area contributed by atoms with E-state index in [9.17, 15) is 9.90 Å². The summed E-state index contributed by atoms with van der Waals surface area (Å²) in [6.45, 7) is 3.60. The number of benzene rings is 1. The summed E-state index contributed by atoms with van der Waals surface area (Å²) >= 11 is 0. The number of carbonyl (C=O) groups excluding carboxylic acids is 1. The van der Waals surface area contributed by atoms with Crippen molar-refractivity contribution in [3.8, 4) is 11.5 Å². The lowest BCUT2D eigenvalue weighted by molar-refractivity contribution is 0.0912. The summed E-state index contributed by atoms with van der Waals surface area (Å²) < 4.78 is 0. The quantitative estimate of drug-likeness (QED) is 0.566. The summed E-state index contributed by atoms with van der Waals surface area (Å²) in [5, 5.41) is 24.6. The third kappa shape index (κ3) is 2.50. The van der Waals surface area contributed by atoms with Gasteiger partial charge in [-0.05, 0) is 38.1 Å². The number of phenols is 2. The summed E-state index contributed by atoms with van der Waals surface area (Å²) in [7, 11) is 0. The molecule has 1 saturated heterocycles. The van der Waals surface area contributed by atoms with Crippen LogP contribution >= 0.6 is 0 Å². The second kappa shape index (κ2) is 4.25. The van der Waals surface area contributed by atoms with E-state index in [4.69, 9.17) is 5.11 Å². The molecule has 1 aliphatic heterocycles. The van der Waals surface area contributed by atoms with Crippen molar-refractivity contribution in [2.24, 2.45) is 0 Å². The van der Waals surface area contributed by atoms with Gasteiger partial charge in [-0.25, -0.2) is 0 Å². The van der Waals surface area contributed by atoms with E-state index in [0.717, 1.165) is 19.5 Å². The highest BCUT2D eigenvalue weighted by Crippen LogP contribution is 2.25. The van der Waals surface area contributed by atoms with Gasteiger partial charge in [0.2, 0.25) is 0 Å². The topological polar surface area (TPSA) is 81.6 Å². The first kappa shape index (κ1) is 11.7. The molecular formula is C12H16N2O3. The van der Waals surface area contributed by atoms with E-state index in [-0.39, 0.29) is 22.9 Å². The standard InChI is InChI=1S/C12H16N2O3/c1-12(4-5-13-7-12)14-11(17)8-2-3-9(15)10(16)6-8/h2-3,6,13,15-16H,4-5,7H2,1H3,(H,14,17). The molecule has 0 radical (unpaired) electrons. The molecule has 17 heavy (non-hydrogen) atoms. The van der Waals surface area contributed by atoms with Gasteiger partial charge in [-0.15, -0.1) is 0 Å². The molecule has 1 amide bonds. The summed E-state index contributed by atoms with van der Waals surface area (Å²) in [6, 6.07) is 4.05. The van der Waals surface area contributed by atoms with E-state index in [1.807, 2.05) is 6.92 Å². The number of rotatable bonds is 2. The van der Waals surface area contributed by atoms with Gasteiger partial charge >= 0.3 is 0 Å². The number of amides is 1. The highest BCUT2D eigenvalue weighted by molar-refractivity contribution is 5.95. The van der Waals surface area contributed by atoms with Crippen LogP contribution in [-0.4, -0.2) is 34.7 Å². The number of aromatic hydroxyl groups is 2. The third-order valence-corrected chi connectivity index (χ3v) is 3.02. The molecule has 1 aliphatic rings. The van der Waals surface area contributed by atoms with Crippen molar-refractivity contribution in [1.29, 1.82) is 0 Å². The largest absolute Gasteiger partial charge is 0.504 e. The molecule has 1 aromatic rings. The predicted octanol–water partition coefficient (Wildman–Crippen LogP) is 0.580. The molecule has 5 heteroatoms. The van der Waals surface area contributed by atoms with Crippen molar-refractivity contribution in [3.05, 3.63) is 23.8 Å². The number of phenolic OH excluding ortho intramolecular Hbond substituents is 2. The minimum absolute atomic E-state index is 0.227. The van der Waals surface area contributed by atoms with Crippen molar-refractivity contribution < 1.29 is 15.0 Å². The Labute approximate surface area is 99.5 Å². The average molecular weight is 236 g/mol. The first-order valence-corrected chi connectivity index (χ1v) is 5.55. The van der Waals surface area contributed by atoms with Crippen LogP contribution in [0.3, 0.4) is 0 Å². The smallest absolute Gasteiger partial charge is 0.251 e. The Morgan fingerprint density at radius 1 is 1.41 bits per heavy atom. The number of carbonyl (C=O) groups is 1. The Kier molecular flexibility index (Phi) is 2.93. The first-order valence-electron chi connectivity index (χ1n) is 5.55. The molecular weight excluding hydrogens is 220 g/mol. The number of hydrogen-bond acceptors (Lipinski definition) is 4.